The Morgan fingerprint density at radius 2 is 1.74 bits per heavy atom. The van der Waals surface area contributed by atoms with Crippen molar-refractivity contribution >= 4 is 39.5 Å². The minimum absolute atomic E-state index is 0.0259. The zero-order chi connectivity index (χ0) is 38.8. The lowest BCUT2D eigenvalue weighted by Gasteiger charge is -2.35. The Bertz CT molecular complexity index is 1960. The molecule has 4 aromatic rings. The van der Waals surface area contributed by atoms with E-state index >= 15 is 0 Å². The molecule has 4 atom stereocenters. The summed E-state index contributed by atoms with van der Waals surface area (Å²) in [6.45, 7) is 8.75. The number of aliphatic hydroxyl groups is 1. The number of sulfonamides is 1. The number of nitrogens with one attached hydrogen (secondary N) is 1. The Balaban J connectivity index is 1.37. The van der Waals surface area contributed by atoms with Crippen LogP contribution in [0, 0.1) is 11.8 Å². The van der Waals surface area contributed by atoms with Crippen LogP contribution in [0.15, 0.2) is 100 Å². The third-order valence-electron chi connectivity index (χ3n) is 9.67. The highest BCUT2D eigenvalue weighted by Gasteiger charge is 2.41. The Kier molecular flexibility index (Phi) is 14.0. The number of hydrogen-bond acceptors (Lipinski definition) is 9. The number of carbonyl (C=O) groups is 2. The Morgan fingerprint density at radius 1 is 1.02 bits per heavy atom. The number of aromatic nitrogens is 1. The molecule has 0 bridgehead atoms. The minimum Gasteiger partial charge on any atom is -0.411 e. The van der Waals surface area contributed by atoms with Gasteiger partial charge in [0.25, 0.3) is 0 Å². The first kappa shape index (κ1) is 40.6. The average Bonchev–Trinajstić information content (AvgIpc) is 3.82. The van der Waals surface area contributed by atoms with Crippen LogP contribution in [0.1, 0.15) is 50.8 Å². The highest BCUT2D eigenvalue weighted by atomic mass is 32.2. The quantitative estimate of drug-likeness (QED) is 0.0665. The van der Waals surface area contributed by atoms with Crippen molar-refractivity contribution in [1.82, 2.24) is 24.4 Å². The number of oxime groups is 1. The molecule has 1 aliphatic rings. The molecule has 2 heterocycles. The first-order valence-electron chi connectivity index (χ1n) is 18.3. The van der Waals surface area contributed by atoms with Crippen LogP contribution in [0.5, 0.6) is 0 Å². The van der Waals surface area contributed by atoms with Crippen LogP contribution in [0.2, 0.25) is 0 Å². The fourth-order valence-electron chi connectivity index (χ4n) is 6.70. The lowest BCUT2D eigenvalue weighted by molar-refractivity contribution is -0.128. The van der Waals surface area contributed by atoms with E-state index in [0.29, 0.717) is 31.6 Å². The van der Waals surface area contributed by atoms with Gasteiger partial charge < -0.3 is 25.4 Å². The van der Waals surface area contributed by atoms with Gasteiger partial charge in [-0.2, -0.15) is 4.31 Å². The number of aliphatic hydroxyl groups excluding tert-OH is 1. The van der Waals surface area contributed by atoms with Gasteiger partial charge in [-0.25, -0.2) is 18.2 Å². The summed E-state index contributed by atoms with van der Waals surface area (Å²) < 4.78 is 29.2. The predicted octanol–water partition coefficient (Wildman–Crippen LogP) is 5.71. The Labute approximate surface area is 322 Å². The Hall–Kier alpha value is -4.63. The summed E-state index contributed by atoms with van der Waals surface area (Å²) in [6, 6.07) is 21.4. The number of hydrogen-bond donors (Lipinski definition) is 3. The molecule has 1 fully saturated rings. The molecule has 1 saturated heterocycles. The molecule has 54 heavy (non-hydrogen) atoms. The van der Waals surface area contributed by atoms with E-state index < -0.39 is 34.1 Å². The van der Waals surface area contributed by atoms with Crippen molar-refractivity contribution < 1.29 is 28.3 Å². The molecule has 3 N–H and O–H groups in total. The van der Waals surface area contributed by atoms with Crippen molar-refractivity contribution in [1.29, 1.82) is 0 Å². The number of thiazole rings is 1. The second-order valence-electron chi connectivity index (χ2n) is 14.2. The molecular weight excluding hydrogens is 725 g/mol. The normalized spacial score (nSPS) is 15.9. The summed E-state index contributed by atoms with van der Waals surface area (Å²) in [4.78, 5) is 36.2. The SMILES string of the molecule is CC[C@H](C)[C@@H](C(=O)N[C@@H](Cc1ccccc1)[C@H](O)CN(CC(C)C)S(=O)(=O)c1ccc(C=NO)cc1)N1CCN(Cc2cccc(-c3nccs3)c2)C1=O. The molecule has 0 radical (unpaired) electrons. The van der Waals surface area contributed by atoms with Gasteiger partial charge in [0.05, 0.1) is 23.3 Å². The van der Waals surface area contributed by atoms with Gasteiger partial charge in [0.2, 0.25) is 15.9 Å². The maximum absolute atomic E-state index is 14.4. The van der Waals surface area contributed by atoms with Crippen molar-refractivity contribution in [2.24, 2.45) is 17.0 Å². The number of nitrogens with zero attached hydrogens (tertiary/aromatic N) is 5. The topological polar surface area (TPSA) is 156 Å². The van der Waals surface area contributed by atoms with Crippen molar-refractivity contribution in [2.45, 2.75) is 70.2 Å². The van der Waals surface area contributed by atoms with Gasteiger partial charge in [-0.1, -0.05) is 99.9 Å². The van der Waals surface area contributed by atoms with Crippen molar-refractivity contribution in [3.8, 4) is 10.6 Å². The average molecular weight is 775 g/mol. The fraction of sp³-hybridized carbons (Fsp3) is 0.400. The first-order valence-corrected chi connectivity index (χ1v) is 20.6. The lowest BCUT2D eigenvalue weighted by Crippen LogP contribution is -2.57. The van der Waals surface area contributed by atoms with Crippen LogP contribution in [-0.2, 0) is 27.8 Å². The van der Waals surface area contributed by atoms with Crippen LogP contribution in [-0.4, -0.2) is 100 Å². The van der Waals surface area contributed by atoms with Crippen LogP contribution in [0.3, 0.4) is 0 Å². The molecule has 0 saturated carbocycles. The largest absolute Gasteiger partial charge is 0.411 e. The Morgan fingerprint density at radius 3 is 2.39 bits per heavy atom. The summed E-state index contributed by atoms with van der Waals surface area (Å²) in [6.07, 6.45) is 2.54. The minimum atomic E-state index is -4.07. The molecule has 14 heteroatoms. The van der Waals surface area contributed by atoms with Gasteiger partial charge >= 0.3 is 6.03 Å². The molecular formula is C40H50N6O6S2. The van der Waals surface area contributed by atoms with E-state index in [4.69, 9.17) is 5.21 Å². The van der Waals surface area contributed by atoms with Crippen LogP contribution < -0.4 is 5.32 Å². The summed E-state index contributed by atoms with van der Waals surface area (Å²) in [5.41, 5.74) is 3.32. The molecule has 3 amide bonds. The summed E-state index contributed by atoms with van der Waals surface area (Å²) in [5.74, 6) is -0.665. The third kappa shape index (κ3) is 10.1. The van der Waals surface area contributed by atoms with E-state index in [2.05, 4.69) is 15.5 Å². The lowest BCUT2D eigenvalue weighted by atomic mass is 9.95. The number of urea groups is 1. The van der Waals surface area contributed by atoms with Gasteiger partial charge in [0, 0.05) is 49.9 Å². The van der Waals surface area contributed by atoms with E-state index in [1.807, 2.05) is 87.7 Å². The van der Waals surface area contributed by atoms with E-state index in [1.54, 1.807) is 27.3 Å². The van der Waals surface area contributed by atoms with Crippen LogP contribution >= 0.6 is 11.3 Å². The number of carbonyl (C=O) groups excluding carboxylic acids is 2. The van der Waals surface area contributed by atoms with Crippen molar-refractivity contribution in [3.05, 3.63) is 107 Å². The molecule has 1 aromatic heterocycles. The summed E-state index contributed by atoms with van der Waals surface area (Å²) >= 11 is 1.55. The third-order valence-corrected chi connectivity index (χ3v) is 12.3. The molecule has 288 valence electrons. The maximum Gasteiger partial charge on any atom is 0.321 e. The molecule has 0 aliphatic carbocycles. The van der Waals surface area contributed by atoms with E-state index in [9.17, 15) is 23.1 Å². The van der Waals surface area contributed by atoms with Crippen LogP contribution in [0.25, 0.3) is 10.6 Å². The van der Waals surface area contributed by atoms with E-state index in [1.165, 1.54) is 34.8 Å². The van der Waals surface area contributed by atoms with Gasteiger partial charge in [0.15, 0.2) is 0 Å². The summed E-state index contributed by atoms with van der Waals surface area (Å²) in [5, 5.41) is 29.6. The van der Waals surface area contributed by atoms with Gasteiger partial charge in [-0.05, 0) is 53.1 Å². The van der Waals surface area contributed by atoms with E-state index in [-0.39, 0.29) is 42.3 Å². The molecule has 0 spiro atoms. The highest BCUT2D eigenvalue weighted by molar-refractivity contribution is 7.89. The van der Waals surface area contributed by atoms with Crippen molar-refractivity contribution in [2.75, 3.05) is 26.2 Å². The molecule has 1 aliphatic heterocycles. The first-order chi connectivity index (χ1) is 25.9. The van der Waals surface area contributed by atoms with E-state index in [0.717, 1.165) is 21.7 Å². The number of rotatable bonds is 18. The second-order valence-corrected chi connectivity index (χ2v) is 17.0. The molecule has 12 nitrogen and oxygen atoms in total. The number of amides is 3. The summed E-state index contributed by atoms with van der Waals surface area (Å²) in [7, 11) is -4.07. The second kappa shape index (κ2) is 18.6. The van der Waals surface area contributed by atoms with Gasteiger partial charge in [-0.3, -0.25) is 4.79 Å². The fourth-order valence-corrected chi connectivity index (χ4v) is 8.96. The molecule has 3 aromatic carbocycles. The highest BCUT2D eigenvalue weighted by Crippen LogP contribution is 2.26. The molecule has 0 unspecified atom stereocenters. The van der Waals surface area contributed by atoms with Crippen molar-refractivity contribution in [3.63, 3.8) is 0 Å². The standard InChI is InChI=1S/C40H50N6O6S2/c1-5-29(4)37(46-20-19-44(40(46)49)26-32-12-9-13-33(22-32)39-41-18-21-53-39)38(48)43-35(23-30-10-7-6-8-11-30)36(47)27-45(25-28(2)3)54(51,52)34-16-14-31(15-17-34)24-42-50/h6-18,21-22,24,28-29,35-37,47,50H,5,19-20,23,25-27H2,1-4H3,(H,43,48)/t29-,35-,36+,37-/m0/s1. The smallest absolute Gasteiger partial charge is 0.321 e. The number of benzene rings is 3. The zero-order valence-corrected chi connectivity index (χ0v) is 32.8. The van der Waals surface area contributed by atoms with Gasteiger partial charge in [0.1, 0.15) is 11.0 Å². The van der Waals surface area contributed by atoms with Gasteiger partial charge in [-0.15, -0.1) is 11.3 Å². The van der Waals surface area contributed by atoms with Crippen LogP contribution in [0.4, 0.5) is 4.79 Å². The zero-order valence-electron chi connectivity index (χ0n) is 31.2. The predicted molar refractivity (Wildman–Crippen MR) is 211 cm³/mol. The molecule has 5 rings (SSSR count). The maximum atomic E-state index is 14.4. The monoisotopic (exact) mass is 774 g/mol.